The first kappa shape index (κ1) is 20.5. The van der Waals surface area contributed by atoms with E-state index < -0.39 is 18.0 Å². The van der Waals surface area contributed by atoms with Gasteiger partial charge in [0.05, 0.1) is 5.69 Å². The summed E-state index contributed by atoms with van der Waals surface area (Å²) in [6.45, 7) is 6.30. The number of rotatable bonds is 6. The van der Waals surface area contributed by atoms with Crippen LogP contribution in [0.2, 0.25) is 0 Å². The predicted octanol–water partition coefficient (Wildman–Crippen LogP) is 4.14. The minimum atomic E-state index is -1.03. The molecule has 2 heterocycles. The average molecular weight is 411 g/mol. The predicted molar refractivity (Wildman–Crippen MR) is 111 cm³/mol. The van der Waals surface area contributed by atoms with Gasteiger partial charge in [0, 0.05) is 22.2 Å². The van der Waals surface area contributed by atoms with Crippen LogP contribution >= 0.6 is 11.3 Å². The zero-order valence-corrected chi connectivity index (χ0v) is 17.3. The van der Waals surface area contributed by atoms with Gasteiger partial charge < -0.3 is 9.72 Å². The van der Waals surface area contributed by atoms with Crippen molar-refractivity contribution < 1.29 is 19.1 Å². The van der Waals surface area contributed by atoms with Gasteiger partial charge in [-0.1, -0.05) is 30.3 Å². The van der Waals surface area contributed by atoms with E-state index in [-0.39, 0.29) is 11.5 Å². The SMILES string of the molecule is CC(=O)c1c(C)[nH]c(C(=O)OC(C)C(=O)Nc2nc(-c3ccccc3)cs2)c1C. The Labute approximate surface area is 172 Å². The maximum Gasteiger partial charge on any atom is 0.355 e. The van der Waals surface area contributed by atoms with Gasteiger partial charge in [-0.2, -0.15) is 0 Å². The Morgan fingerprint density at radius 3 is 2.48 bits per heavy atom. The number of nitrogens with one attached hydrogen (secondary N) is 2. The summed E-state index contributed by atoms with van der Waals surface area (Å²) in [5.41, 5.74) is 3.45. The first-order valence-corrected chi connectivity index (χ1v) is 9.88. The summed E-state index contributed by atoms with van der Waals surface area (Å²) >= 11 is 1.29. The van der Waals surface area contributed by atoms with Crippen LogP contribution in [0.5, 0.6) is 0 Å². The summed E-state index contributed by atoms with van der Waals surface area (Å²) in [6.07, 6.45) is -1.03. The molecule has 0 spiro atoms. The molecule has 1 amide bonds. The third-order valence-electron chi connectivity index (χ3n) is 4.45. The first-order valence-electron chi connectivity index (χ1n) is 9.00. The highest BCUT2D eigenvalue weighted by Gasteiger charge is 2.25. The van der Waals surface area contributed by atoms with Crippen molar-refractivity contribution in [3.8, 4) is 11.3 Å². The summed E-state index contributed by atoms with van der Waals surface area (Å²) in [5.74, 6) is -1.32. The Morgan fingerprint density at radius 2 is 1.86 bits per heavy atom. The van der Waals surface area contributed by atoms with E-state index in [2.05, 4.69) is 15.3 Å². The normalized spacial score (nSPS) is 11.7. The molecule has 29 heavy (non-hydrogen) atoms. The maximum absolute atomic E-state index is 12.5. The van der Waals surface area contributed by atoms with E-state index in [0.29, 0.717) is 22.0 Å². The second kappa shape index (κ2) is 8.40. The van der Waals surface area contributed by atoms with Gasteiger partial charge in [0.25, 0.3) is 5.91 Å². The molecule has 0 aliphatic heterocycles. The number of hydrogen-bond donors (Lipinski definition) is 2. The number of aromatic amines is 1. The van der Waals surface area contributed by atoms with Crippen LogP contribution in [0.1, 0.15) is 46.0 Å². The maximum atomic E-state index is 12.5. The average Bonchev–Trinajstić information content (AvgIpc) is 3.26. The molecule has 0 saturated carbocycles. The Hall–Kier alpha value is -3.26. The monoisotopic (exact) mass is 411 g/mol. The van der Waals surface area contributed by atoms with E-state index in [9.17, 15) is 14.4 Å². The largest absolute Gasteiger partial charge is 0.448 e. The molecule has 2 aromatic heterocycles. The van der Waals surface area contributed by atoms with E-state index in [1.165, 1.54) is 25.2 Å². The number of ether oxygens (including phenoxy) is 1. The van der Waals surface area contributed by atoms with E-state index >= 15 is 0 Å². The third kappa shape index (κ3) is 4.43. The molecule has 1 unspecified atom stereocenters. The highest BCUT2D eigenvalue weighted by molar-refractivity contribution is 7.14. The van der Waals surface area contributed by atoms with E-state index in [1.807, 2.05) is 35.7 Å². The zero-order valence-electron chi connectivity index (χ0n) is 16.5. The number of nitrogens with zero attached hydrogens (tertiary/aromatic N) is 1. The second-order valence-electron chi connectivity index (χ2n) is 6.62. The van der Waals surface area contributed by atoms with Gasteiger partial charge in [0.2, 0.25) is 0 Å². The molecule has 8 heteroatoms. The van der Waals surface area contributed by atoms with Gasteiger partial charge in [-0.15, -0.1) is 11.3 Å². The molecular formula is C21H21N3O4S. The van der Waals surface area contributed by atoms with E-state index in [1.54, 1.807) is 13.8 Å². The Bertz CT molecular complexity index is 1070. The number of H-pyrrole nitrogens is 1. The molecule has 3 aromatic rings. The zero-order chi connectivity index (χ0) is 21.1. The second-order valence-corrected chi connectivity index (χ2v) is 7.48. The molecule has 0 aliphatic carbocycles. The summed E-state index contributed by atoms with van der Waals surface area (Å²) in [7, 11) is 0. The van der Waals surface area contributed by atoms with Crippen molar-refractivity contribution in [1.82, 2.24) is 9.97 Å². The fourth-order valence-electron chi connectivity index (χ4n) is 3.03. The number of aryl methyl sites for hydroxylation is 1. The molecule has 1 aromatic carbocycles. The fraction of sp³-hybridized carbons (Fsp3) is 0.238. The quantitative estimate of drug-likeness (QED) is 0.469. The van der Waals surface area contributed by atoms with Crippen molar-refractivity contribution >= 4 is 34.1 Å². The van der Waals surface area contributed by atoms with Gasteiger partial charge >= 0.3 is 5.97 Å². The highest BCUT2D eigenvalue weighted by Crippen LogP contribution is 2.25. The first-order chi connectivity index (χ1) is 13.8. The topological polar surface area (TPSA) is 101 Å². The molecular weight excluding hydrogens is 390 g/mol. The lowest BCUT2D eigenvalue weighted by atomic mass is 10.1. The molecule has 7 nitrogen and oxygen atoms in total. The number of aromatic nitrogens is 2. The van der Waals surface area contributed by atoms with Crippen LogP contribution in [0, 0.1) is 13.8 Å². The number of esters is 1. The van der Waals surface area contributed by atoms with E-state index in [4.69, 9.17) is 4.74 Å². The fourth-order valence-corrected chi connectivity index (χ4v) is 3.76. The molecule has 2 N–H and O–H groups in total. The van der Waals surface area contributed by atoms with Crippen LogP contribution in [0.3, 0.4) is 0 Å². The van der Waals surface area contributed by atoms with Crippen LogP contribution in [0.25, 0.3) is 11.3 Å². The van der Waals surface area contributed by atoms with Gasteiger partial charge in [-0.05, 0) is 33.3 Å². The lowest BCUT2D eigenvalue weighted by molar-refractivity contribution is -0.123. The lowest BCUT2D eigenvalue weighted by Crippen LogP contribution is -2.30. The van der Waals surface area contributed by atoms with Crippen molar-refractivity contribution in [1.29, 1.82) is 0 Å². The molecule has 0 bridgehead atoms. The molecule has 0 saturated heterocycles. The Balaban J connectivity index is 1.65. The Morgan fingerprint density at radius 1 is 1.17 bits per heavy atom. The van der Waals surface area contributed by atoms with Gasteiger partial charge in [0.15, 0.2) is 17.0 Å². The third-order valence-corrected chi connectivity index (χ3v) is 5.21. The number of thiazole rings is 1. The molecule has 3 rings (SSSR count). The number of carbonyl (C=O) groups is 3. The number of carbonyl (C=O) groups excluding carboxylic acids is 3. The van der Waals surface area contributed by atoms with Crippen LogP contribution in [-0.4, -0.2) is 33.7 Å². The number of amides is 1. The molecule has 0 fully saturated rings. The summed E-state index contributed by atoms with van der Waals surface area (Å²) in [5, 5.41) is 4.93. The number of anilines is 1. The van der Waals surface area contributed by atoms with Crippen molar-refractivity contribution in [3.05, 3.63) is 58.2 Å². The van der Waals surface area contributed by atoms with Gasteiger partial charge in [0.1, 0.15) is 5.69 Å². The highest BCUT2D eigenvalue weighted by atomic mass is 32.1. The standard InChI is InChI=1S/C21H21N3O4S/c1-11-17(13(3)25)12(2)22-18(11)20(27)28-14(4)19(26)24-21-23-16(10-29-21)15-8-6-5-7-9-15/h5-10,14,22H,1-4H3,(H,23,24,26). The van der Waals surface area contributed by atoms with Crippen LogP contribution in [0.15, 0.2) is 35.7 Å². The van der Waals surface area contributed by atoms with Crippen molar-refractivity contribution in [2.75, 3.05) is 5.32 Å². The van der Waals surface area contributed by atoms with Crippen molar-refractivity contribution in [2.24, 2.45) is 0 Å². The summed E-state index contributed by atoms with van der Waals surface area (Å²) < 4.78 is 5.27. The van der Waals surface area contributed by atoms with Gasteiger partial charge in [-0.3, -0.25) is 14.9 Å². The molecule has 0 radical (unpaired) electrons. The molecule has 150 valence electrons. The van der Waals surface area contributed by atoms with Crippen LogP contribution in [0.4, 0.5) is 5.13 Å². The number of benzene rings is 1. The minimum Gasteiger partial charge on any atom is -0.448 e. The smallest absolute Gasteiger partial charge is 0.355 e. The van der Waals surface area contributed by atoms with Crippen LogP contribution in [-0.2, 0) is 9.53 Å². The van der Waals surface area contributed by atoms with E-state index in [0.717, 1.165) is 11.3 Å². The number of hydrogen-bond acceptors (Lipinski definition) is 6. The summed E-state index contributed by atoms with van der Waals surface area (Å²) in [4.78, 5) is 43.8. The van der Waals surface area contributed by atoms with Crippen molar-refractivity contribution in [2.45, 2.75) is 33.8 Å². The number of ketones is 1. The summed E-state index contributed by atoms with van der Waals surface area (Å²) in [6, 6.07) is 9.61. The van der Waals surface area contributed by atoms with Crippen molar-refractivity contribution in [3.63, 3.8) is 0 Å². The minimum absolute atomic E-state index is 0.140. The Kier molecular flexibility index (Phi) is 5.93. The lowest BCUT2D eigenvalue weighted by Gasteiger charge is -2.12. The molecule has 1 atom stereocenters. The van der Waals surface area contributed by atoms with Gasteiger partial charge in [-0.25, -0.2) is 9.78 Å². The molecule has 0 aliphatic rings. The number of Topliss-reactive ketones (excluding diaryl/α,β-unsaturated/α-hetero) is 1. The van der Waals surface area contributed by atoms with Crippen LogP contribution < -0.4 is 5.32 Å².